The average molecular weight is 386 g/mol. The van der Waals surface area contributed by atoms with Crippen LogP contribution in [0.3, 0.4) is 0 Å². The van der Waals surface area contributed by atoms with Crippen molar-refractivity contribution < 1.29 is 19.8 Å². The second-order valence-electron chi connectivity index (χ2n) is 7.71. The first-order chi connectivity index (χ1) is 13.5. The number of amides is 2. The molecule has 1 aromatic heterocycles. The molecule has 1 spiro atoms. The van der Waals surface area contributed by atoms with E-state index < -0.39 is 11.5 Å². The predicted molar refractivity (Wildman–Crippen MR) is 102 cm³/mol. The maximum atomic E-state index is 12.9. The number of hydrogen-bond acceptors (Lipinski definition) is 5. The number of rotatable bonds is 4. The van der Waals surface area contributed by atoms with Gasteiger partial charge in [0.05, 0.1) is 22.6 Å². The summed E-state index contributed by atoms with van der Waals surface area (Å²) in [4.78, 5) is 31.5. The van der Waals surface area contributed by atoms with Crippen molar-refractivity contribution in [2.45, 2.75) is 44.9 Å². The van der Waals surface area contributed by atoms with Gasteiger partial charge in [0.2, 0.25) is 11.8 Å². The zero-order chi connectivity index (χ0) is 19.7. The first-order valence-corrected chi connectivity index (χ1v) is 9.84. The van der Waals surface area contributed by atoms with Gasteiger partial charge in [0.25, 0.3) is 0 Å². The number of aryl methyl sites for hydroxylation is 1. The van der Waals surface area contributed by atoms with Crippen LogP contribution in [0.5, 0.6) is 0 Å². The van der Waals surface area contributed by atoms with E-state index in [1.54, 1.807) is 4.90 Å². The van der Waals surface area contributed by atoms with Crippen LogP contribution in [-0.2, 0) is 22.7 Å². The van der Waals surface area contributed by atoms with Crippen molar-refractivity contribution >= 4 is 22.8 Å². The Morgan fingerprint density at radius 1 is 1.36 bits per heavy atom. The van der Waals surface area contributed by atoms with Crippen LogP contribution in [0.25, 0.3) is 11.0 Å². The van der Waals surface area contributed by atoms with Crippen LogP contribution in [0.2, 0.25) is 0 Å². The monoisotopic (exact) mass is 386 g/mol. The van der Waals surface area contributed by atoms with Crippen LogP contribution in [0.4, 0.5) is 0 Å². The topological polar surface area (TPSA) is 108 Å². The molecule has 0 unspecified atom stereocenters. The molecule has 0 radical (unpaired) electrons. The number of aromatic nitrogens is 2. The predicted octanol–water partition coefficient (Wildman–Crippen LogP) is 0.408. The van der Waals surface area contributed by atoms with Crippen LogP contribution in [-0.4, -0.2) is 62.2 Å². The number of hydrogen-bond donors (Lipinski definition) is 3. The zero-order valence-corrected chi connectivity index (χ0v) is 15.8. The minimum atomic E-state index is -0.885. The molecule has 3 N–H and O–H groups in total. The largest absolute Gasteiger partial charge is 0.392 e. The number of carbonyl (C=O) groups excluding carboxylic acids is 2. The third kappa shape index (κ3) is 3.16. The minimum Gasteiger partial charge on any atom is -0.392 e. The maximum absolute atomic E-state index is 12.9. The molecule has 2 amide bonds. The first kappa shape index (κ1) is 18.9. The van der Waals surface area contributed by atoms with Crippen molar-refractivity contribution in [3.63, 3.8) is 0 Å². The van der Waals surface area contributed by atoms with Gasteiger partial charge in [-0.1, -0.05) is 12.1 Å². The molecule has 8 heteroatoms. The van der Waals surface area contributed by atoms with Gasteiger partial charge in [-0.05, 0) is 31.4 Å². The van der Waals surface area contributed by atoms with E-state index in [0.29, 0.717) is 38.3 Å². The van der Waals surface area contributed by atoms with Crippen LogP contribution in [0, 0.1) is 5.41 Å². The number of fused-ring (bicyclic) bond motifs is 1. The van der Waals surface area contributed by atoms with Gasteiger partial charge in [0.1, 0.15) is 12.4 Å². The summed E-state index contributed by atoms with van der Waals surface area (Å²) in [5, 5.41) is 22.9. The molecule has 2 aliphatic rings. The molecule has 4 rings (SSSR count). The van der Waals surface area contributed by atoms with Gasteiger partial charge in [-0.2, -0.15) is 0 Å². The molecular formula is C20H26N4O4. The normalized spacial score (nSPS) is 25.3. The van der Waals surface area contributed by atoms with E-state index in [4.69, 9.17) is 0 Å². The van der Waals surface area contributed by atoms with E-state index in [1.807, 2.05) is 28.8 Å². The highest BCUT2D eigenvalue weighted by Gasteiger charge is 2.50. The third-order valence-electron chi connectivity index (χ3n) is 6.10. The molecular weight excluding hydrogens is 360 g/mol. The van der Waals surface area contributed by atoms with Gasteiger partial charge in [-0.25, -0.2) is 4.98 Å². The number of aliphatic hydroxyl groups excluding tert-OH is 2. The smallest absolute Gasteiger partial charge is 0.230 e. The molecule has 150 valence electrons. The van der Waals surface area contributed by atoms with E-state index in [9.17, 15) is 19.8 Å². The number of aliphatic hydroxyl groups is 2. The van der Waals surface area contributed by atoms with Crippen molar-refractivity contribution in [3.8, 4) is 0 Å². The summed E-state index contributed by atoms with van der Waals surface area (Å²) in [6, 6.07) is 7.59. The molecule has 0 aliphatic carbocycles. The second kappa shape index (κ2) is 7.52. The number of likely N-dealkylation sites (tertiary alicyclic amines) is 1. The van der Waals surface area contributed by atoms with E-state index in [2.05, 4.69) is 10.3 Å². The Kier molecular flexibility index (Phi) is 5.07. The van der Waals surface area contributed by atoms with E-state index in [-0.39, 0.29) is 31.4 Å². The lowest BCUT2D eigenvalue weighted by atomic mass is 9.71. The first-order valence-electron chi connectivity index (χ1n) is 9.84. The highest BCUT2D eigenvalue weighted by molar-refractivity contribution is 5.86. The number of nitrogens with one attached hydrogen (secondary N) is 1. The molecule has 2 atom stereocenters. The highest BCUT2D eigenvalue weighted by atomic mass is 16.3. The minimum absolute atomic E-state index is 0.0497. The van der Waals surface area contributed by atoms with Crippen LogP contribution < -0.4 is 5.32 Å². The Morgan fingerprint density at radius 3 is 2.96 bits per heavy atom. The van der Waals surface area contributed by atoms with Crippen LogP contribution in [0.1, 0.15) is 31.5 Å². The highest BCUT2D eigenvalue weighted by Crippen LogP contribution is 2.37. The molecule has 2 fully saturated rings. The Hall–Kier alpha value is -2.45. The standard InChI is InChI=1S/C20H26N4O4/c25-12-17-22-14-4-1-2-5-15(14)24(17)11-7-18(27)23-10-6-16(26)20(13-23)8-3-9-21-19(20)28/h1-2,4-5,16,25-26H,3,6-13H2,(H,21,28)/t16-,20-/m1/s1. The second-order valence-corrected chi connectivity index (χ2v) is 7.71. The summed E-state index contributed by atoms with van der Waals surface area (Å²) >= 11 is 0. The van der Waals surface area contributed by atoms with E-state index in [1.165, 1.54) is 0 Å². The molecule has 2 aliphatic heterocycles. The van der Waals surface area contributed by atoms with Crippen molar-refractivity contribution in [1.29, 1.82) is 0 Å². The molecule has 0 bridgehead atoms. The number of para-hydroxylation sites is 2. The lowest BCUT2D eigenvalue weighted by Gasteiger charge is -2.46. The third-order valence-corrected chi connectivity index (χ3v) is 6.10. The maximum Gasteiger partial charge on any atom is 0.230 e. The number of nitrogens with zero attached hydrogens (tertiary/aromatic N) is 3. The molecule has 0 saturated carbocycles. The molecule has 3 heterocycles. The zero-order valence-electron chi connectivity index (χ0n) is 15.8. The summed E-state index contributed by atoms with van der Waals surface area (Å²) in [5.74, 6) is 0.337. The molecule has 8 nitrogen and oxygen atoms in total. The number of carbonyl (C=O) groups is 2. The summed E-state index contributed by atoms with van der Waals surface area (Å²) in [7, 11) is 0. The molecule has 28 heavy (non-hydrogen) atoms. The van der Waals surface area contributed by atoms with Gasteiger partial charge in [-0.15, -0.1) is 0 Å². The van der Waals surface area contributed by atoms with Crippen LogP contribution in [0.15, 0.2) is 24.3 Å². The Morgan fingerprint density at radius 2 is 2.18 bits per heavy atom. The Balaban J connectivity index is 1.48. The fraction of sp³-hybridized carbons (Fsp3) is 0.550. The molecule has 1 aromatic carbocycles. The summed E-state index contributed by atoms with van der Waals surface area (Å²) in [6.45, 7) is 1.55. The Labute approximate surface area is 163 Å². The Bertz CT molecular complexity index is 895. The van der Waals surface area contributed by atoms with Crippen molar-refractivity contribution in [2.24, 2.45) is 5.41 Å². The fourth-order valence-electron chi connectivity index (χ4n) is 4.52. The molecule has 2 aromatic rings. The SMILES string of the molecule is O=C(CCn1c(CO)nc2ccccc21)N1CC[C@@H](O)[C@@]2(CCCNC2=O)C1. The summed E-state index contributed by atoms with van der Waals surface area (Å²) in [6.07, 6.45) is 1.36. The van der Waals surface area contributed by atoms with Crippen molar-refractivity contribution in [1.82, 2.24) is 19.8 Å². The van der Waals surface area contributed by atoms with Gasteiger partial charge >= 0.3 is 0 Å². The van der Waals surface area contributed by atoms with Crippen LogP contribution >= 0.6 is 0 Å². The number of benzene rings is 1. The van der Waals surface area contributed by atoms with Gasteiger partial charge < -0.3 is 25.0 Å². The average Bonchev–Trinajstić information content (AvgIpc) is 3.08. The van der Waals surface area contributed by atoms with Gasteiger partial charge in [0, 0.05) is 32.6 Å². The molecule has 2 saturated heterocycles. The van der Waals surface area contributed by atoms with E-state index in [0.717, 1.165) is 17.5 Å². The number of imidazole rings is 1. The summed E-state index contributed by atoms with van der Waals surface area (Å²) in [5.41, 5.74) is 0.791. The van der Waals surface area contributed by atoms with Crippen molar-refractivity contribution in [2.75, 3.05) is 19.6 Å². The van der Waals surface area contributed by atoms with Gasteiger partial charge in [0.15, 0.2) is 0 Å². The van der Waals surface area contributed by atoms with Crippen molar-refractivity contribution in [3.05, 3.63) is 30.1 Å². The quantitative estimate of drug-likeness (QED) is 0.705. The van der Waals surface area contributed by atoms with E-state index >= 15 is 0 Å². The lowest BCUT2D eigenvalue weighted by molar-refractivity contribution is -0.154. The lowest BCUT2D eigenvalue weighted by Crippen LogP contribution is -2.62. The fourth-order valence-corrected chi connectivity index (χ4v) is 4.52. The number of piperidine rings is 2. The summed E-state index contributed by atoms with van der Waals surface area (Å²) < 4.78 is 1.87. The van der Waals surface area contributed by atoms with Gasteiger partial charge in [-0.3, -0.25) is 9.59 Å².